The van der Waals surface area contributed by atoms with Crippen LogP contribution in [0.4, 0.5) is 19.4 Å². The van der Waals surface area contributed by atoms with Crippen molar-refractivity contribution in [1.82, 2.24) is 20.2 Å². The Hall–Kier alpha value is -3.21. The third kappa shape index (κ3) is 6.71. The molecule has 2 heterocycles. The number of anilines is 1. The number of alkyl halides is 1. The molecule has 2 aromatic rings. The molecule has 11 heteroatoms. The molecule has 0 bridgehead atoms. The Labute approximate surface area is 208 Å². The Morgan fingerprint density at radius 2 is 2.06 bits per heavy atom. The molecule has 1 aromatic heterocycles. The van der Waals surface area contributed by atoms with E-state index >= 15 is 0 Å². The molecule has 4 rings (SSSR count). The number of aromatic amines is 1. The zero-order chi connectivity index (χ0) is 25.9. The number of nitrogens with zero attached hydrogens (tertiary/aromatic N) is 3. The number of hydrogen-bond acceptors (Lipinski definition) is 6. The van der Waals surface area contributed by atoms with Crippen molar-refractivity contribution in [2.24, 2.45) is 5.92 Å². The summed E-state index contributed by atoms with van der Waals surface area (Å²) in [5, 5.41) is 2.85. The highest BCUT2D eigenvalue weighted by molar-refractivity contribution is 5.75. The van der Waals surface area contributed by atoms with Crippen LogP contribution in [0.2, 0.25) is 0 Å². The second-order valence-electron chi connectivity index (χ2n) is 9.89. The van der Waals surface area contributed by atoms with Gasteiger partial charge in [0.2, 0.25) is 5.85 Å². The van der Waals surface area contributed by atoms with Crippen LogP contribution in [0.5, 0.6) is 5.75 Å². The van der Waals surface area contributed by atoms with Gasteiger partial charge in [-0.25, -0.2) is 19.0 Å². The van der Waals surface area contributed by atoms with E-state index in [1.807, 2.05) is 9.80 Å². The summed E-state index contributed by atoms with van der Waals surface area (Å²) in [5.41, 5.74) is -0.150. The molecule has 2 amide bonds. The highest BCUT2D eigenvalue weighted by Gasteiger charge is 2.41. The highest BCUT2D eigenvalue weighted by Crippen LogP contribution is 2.34. The normalized spacial score (nSPS) is 20.2. The minimum Gasteiger partial charge on any atom is -0.458 e. The number of H-pyrrole nitrogens is 1. The average molecular weight is 506 g/mol. The number of ether oxygens (including phenoxy) is 2. The number of nitrogens with one attached hydrogen (secondary N) is 2. The summed E-state index contributed by atoms with van der Waals surface area (Å²) in [6.45, 7) is 4.21. The molecule has 1 unspecified atom stereocenters. The van der Waals surface area contributed by atoms with Gasteiger partial charge in [0.25, 0.3) is 0 Å². The molecule has 2 fully saturated rings. The second-order valence-corrected chi connectivity index (χ2v) is 9.89. The fourth-order valence-electron chi connectivity index (χ4n) is 4.73. The Kier molecular flexibility index (Phi) is 7.77. The van der Waals surface area contributed by atoms with Gasteiger partial charge in [-0.15, -0.1) is 0 Å². The summed E-state index contributed by atoms with van der Waals surface area (Å²) in [5.74, 6) is -1.62. The number of halogens is 2. The topological polar surface area (TPSA) is 99.8 Å². The molecule has 2 aliphatic rings. The van der Waals surface area contributed by atoms with Gasteiger partial charge in [-0.1, -0.05) is 6.07 Å². The van der Waals surface area contributed by atoms with Gasteiger partial charge in [0.05, 0.1) is 12.6 Å². The maximum atomic E-state index is 14.6. The number of amides is 2. The van der Waals surface area contributed by atoms with Crippen molar-refractivity contribution in [3.8, 4) is 5.75 Å². The van der Waals surface area contributed by atoms with E-state index in [2.05, 4.69) is 15.3 Å². The molecule has 9 nitrogen and oxygen atoms in total. The minimum absolute atomic E-state index is 0.0111. The average Bonchev–Trinajstić information content (AvgIpc) is 3.63. The summed E-state index contributed by atoms with van der Waals surface area (Å²) in [4.78, 5) is 35.5. The standard InChI is InChI=1S/C25H33F2N5O4/c1-25(2,27)36-20-7-4-17(21(26)11-20)12-29-24(34)32(18-5-6-18)19-10-16(15-35-3)13-31(14-19)22-8-9-28-23(33)30-22/h4,7-9,11,16,18-19H,5-6,10,12-15H2,1-3H3,(H,29,34)(H,28,30,33)/t16?,19-/m1/s1. The van der Waals surface area contributed by atoms with Gasteiger partial charge >= 0.3 is 11.7 Å². The third-order valence-electron chi connectivity index (χ3n) is 6.30. The molecule has 1 saturated heterocycles. The van der Waals surface area contributed by atoms with Crippen LogP contribution in [0.15, 0.2) is 35.3 Å². The lowest BCUT2D eigenvalue weighted by atomic mass is 9.93. The van der Waals surface area contributed by atoms with Crippen LogP contribution >= 0.6 is 0 Å². The lowest BCUT2D eigenvalue weighted by molar-refractivity contribution is -0.0259. The first-order chi connectivity index (χ1) is 17.1. The molecule has 36 heavy (non-hydrogen) atoms. The molecule has 1 aliphatic heterocycles. The van der Waals surface area contributed by atoms with Crippen LogP contribution in [0.1, 0.15) is 38.7 Å². The van der Waals surface area contributed by atoms with Gasteiger partial charge in [-0.2, -0.15) is 4.39 Å². The first-order valence-electron chi connectivity index (χ1n) is 12.1. The summed E-state index contributed by atoms with van der Waals surface area (Å²) < 4.78 is 38.8. The molecule has 1 aromatic carbocycles. The summed E-state index contributed by atoms with van der Waals surface area (Å²) in [7, 11) is 1.65. The molecule has 1 saturated carbocycles. The maximum absolute atomic E-state index is 14.6. The monoisotopic (exact) mass is 505 g/mol. The number of aromatic nitrogens is 2. The van der Waals surface area contributed by atoms with Gasteiger partial charge < -0.3 is 24.6 Å². The number of piperidine rings is 1. The van der Waals surface area contributed by atoms with E-state index in [-0.39, 0.29) is 41.9 Å². The third-order valence-corrected chi connectivity index (χ3v) is 6.30. The predicted molar refractivity (Wildman–Crippen MR) is 130 cm³/mol. The smallest absolute Gasteiger partial charge is 0.346 e. The van der Waals surface area contributed by atoms with Crippen molar-refractivity contribution in [1.29, 1.82) is 0 Å². The van der Waals surface area contributed by atoms with Gasteiger partial charge in [0.1, 0.15) is 17.4 Å². The Morgan fingerprint density at radius 3 is 2.69 bits per heavy atom. The predicted octanol–water partition coefficient (Wildman–Crippen LogP) is 3.21. The van der Waals surface area contributed by atoms with Crippen LogP contribution in [-0.4, -0.2) is 65.6 Å². The van der Waals surface area contributed by atoms with Crippen molar-refractivity contribution in [2.45, 2.75) is 57.6 Å². The molecule has 196 valence electrons. The SMILES string of the molecule is COCC1C[C@@H](N(C(=O)NCc2ccc(OC(C)(C)F)cc2F)C2CC2)CN(c2ccnc(=O)[nH]2)C1. The molecular weight excluding hydrogens is 472 g/mol. The Bertz CT molecular complexity index is 1120. The van der Waals surface area contributed by atoms with Gasteiger partial charge in [-0.3, -0.25) is 4.98 Å². The van der Waals surface area contributed by atoms with E-state index in [1.165, 1.54) is 32.2 Å². The number of carbonyl (C=O) groups excluding carboxylic acids is 1. The molecule has 1 aliphatic carbocycles. The van der Waals surface area contributed by atoms with Crippen LogP contribution in [0.25, 0.3) is 0 Å². The summed E-state index contributed by atoms with van der Waals surface area (Å²) in [6, 6.07) is 5.55. The number of rotatable bonds is 9. The molecule has 0 radical (unpaired) electrons. The Balaban J connectivity index is 1.46. The van der Waals surface area contributed by atoms with E-state index in [4.69, 9.17) is 9.47 Å². The van der Waals surface area contributed by atoms with Crippen molar-refractivity contribution < 1.29 is 23.0 Å². The van der Waals surface area contributed by atoms with E-state index in [0.29, 0.717) is 25.5 Å². The largest absolute Gasteiger partial charge is 0.458 e. The van der Waals surface area contributed by atoms with Crippen LogP contribution < -0.4 is 20.6 Å². The van der Waals surface area contributed by atoms with Crippen molar-refractivity contribution in [3.05, 3.63) is 52.3 Å². The van der Waals surface area contributed by atoms with E-state index in [9.17, 15) is 18.4 Å². The first kappa shape index (κ1) is 25.9. The fraction of sp³-hybridized carbons (Fsp3) is 0.560. The van der Waals surface area contributed by atoms with Gasteiger partial charge in [-0.05, 0) is 31.4 Å². The molecular formula is C25H33F2N5O4. The summed E-state index contributed by atoms with van der Waals surface area (Å²) in [6.07, 6.45) is 4.03. The number of benzene rings is 1. The zero-order valence-electron chi connectivity index (χ0n) is 20.8. The van der Waals surface area contributed by atoms with Crippen LogP contribution in [0, 0.1) is 11.7 Å². The van der Waals surface area contributed by atoms with E-state index in [1.54, 1.807) is 13.2 Å². The summed E-state index contributed by atoms with van der Waals surface area (Å²) >= 11 is 0. The van der Waals surface area contributed by atoms with Crippen molar-refractivity contribution >= 4 is 11.8 Å². The van der Waals surface area contributed by atoms with Crippen LogP contribution in [-0.2, 0) is 11.3 Å². The van der Waals surface area contributed by atoms with E-state index in [0.717, 1.165) is 25.3 Å². The number of carbonyl (C=O) groups is 1. The van der Waals surface area contributed by atoms with Crippen LogP contribution in [0.3, 0.4) is 0 Å². The lowest BCUT2D eigenvalue weighted by Gasteiger charge is -2.43. The number of methoxy groups -OCH3 is 1. The number of hydrogen-bond donors (Lipinski definition) is 2. The Morgan fingerprint density at radius 1 is 1.28 bits per heavy atom. The maximum Gasteiger partial charge on any atom is 0.346 e. The highest BCUT2D eigenvalue weighted by atomic mass is 19.2. The van der Waals surface area contributed by atoms with E-state index < -0.39 is 17.4 Å². The van der Waals surface area contributed by atoms with Crippen molar-refractivity contribution in [3.63, 3.8) is 0 Å². The van der Waals surface area contributed by atoms with Gasteiger partial charge in [0.15, 0.2) is 0 Å². The minimum atomic E-state index is -1.93. The molecule has 2 atom stereocenters. The fourth-order valence-corrected chi connectivity index (χ4v) is 4.73. The zero-order valence-corrected chi connectivity index (χ0v) is 20.8. The van der Waals surface area contributed by atoms with Gasteiger partial charge in [0, 0.05) is 70.4 Å². The van der Waals surface area contributed by atoms with Crippen molar-refractivity contribution in [2.75, 3.05) is 31.7 Å². The quantitative estimate of drug-likeness (QED) is 0.543. The first-order valence-corrected chi connectivity index (χ1v) is 12.1. The molecule has 0 spiro atoms. The molecule has 2 N–H and O–H groups in total. The lowest BCUT2D eigenvalue weighted by Crippen LogP contribution is -2.56. The number of urea groups is 1. The second kappa shape index (κ2) is 10.8.